The Kier molecular flexibility index (Phi) is 3.58. The molecule has 0 spiro atoms. The van der Waals surface area contributed by atoms with Crippen molar-refractivity contribution in [1.82, 2.24) is 14.9 Å². The maximum Gasteiger partial charge on any atom is 0.151 e. The lowest BCUT2D eigenvalue weighted by Crippen LogP contribution is -2.00. The summed E-state index contributed by atoms with van der Waals surface area (Å²) in [6, 6.07) is 8.31. The van der Waals surface area contributed by atoms with Crippen LogP contribution in [-0.4, -0.2) is 26.8 Å². The van der Waals surface area contributed by atoms with E-state index >= 15 is 0 Å². The Morgan fingerprint density at radius 3 is 2.88 bits per heavy atom. The van der Waals surface area contributed by atoms with Gasteiger partial charge < -0.3 is 0 Å². The molecule has 0 radical (unpaired) electrons. The zero-order valence-corrected chi connectivity index (χ0v) is 10.9. The highest BCUT2D eigenvalue weighted by molar-refractivity contribution is 7.98. The second-order valence-electron chi connectivity index (χ2n) is 3.64. The monoisotopic (exact) mass is 246 g/mol. The Labute approximate surface area is 105 Å². The van der Waals surface area contributed by atoms with Gasteiger partial charge in [-0.3, -0.25) is 0 Å². The molecule has 17 heavy (non-hydrogen) atoms. The van der Waals surface area contributed by atoms with E-state index < -0.39 is 0 Å². The summed E-state index contributed by atoms with van der Waals surface area (Å²) in [5, 5.41) is 12.2. The normalized spacial score (nSPS) is 11.8. The van der Waals surface area contributed by atoms with Gasteiger partial charge in [0, 0.05) is 4.90 Å². The van der Waals surface area contributed by atoms with Gasteiger partial charge in [-0.05, 0) is 37.8 Å². The third kappa shape index (κ3) is 2.74. The highest BCUT2D eigenvalue weighted by Gasteiger charge is 2.01. The van der Waals surface area contributed by atoms with Gasteiger partial charge in [-0.25, -0.2) is 4.68 Å². The van der Waals surface area contributed by atoms with E-state index in [0.29, 0.717) is 0 Å². The van der Waals surface area contributed by atoms with Crippen LogP contribution in [0.4, 0.5) is 0 Å². The Balaban J connectivity index is 2.33. The number of aryl methyl sites for hydroxylation is 1. The minimum absolute atomic E-state index is 0.783. The van der Waals surface area contributed by atoms with Crippen LogP contribution < -0.4 is 0 Å². The summed E-state index contributed by atoms with van der Waals surface area (Å²) in [7, 11) is 0. The smallest absolute Gasteiger partial charge is 0.151 e. The van der Waals surface area contributed by atoms with Crippen LogP contribution in [0, 0.1) is 6.92 Å². The van der Waals surface area contributed by atoms with Crippen molar-refractivity contribution in [2.24, 2.45) is 5.10 Å². The molecule has 2 rings (SSSR count). The molecule has 0 unspecified atom stereocenters. The number of thioether (sulfide) groups is 1. The Morgan fingerprint density at radius 1 is 1.41 bits per heavy atom. The first kappa shape index (κ1) is 11.9. The average Bonchev–Trinajstić information content (AvgIpc) is 2.75. The molecule has 1 aromatic carbocycles. The number of rotatable bonds is 3. The largest absolute Gasteiger partial charge is 0.205 e. The summed E-state index contributed by atoms with van der Waals surface area (Å²) in [6.07, 6.45) is 3.67. The maximum atomic E-state index is 4.46. The number of benzene rings is 1. The zero-order valence-electron chi connectivity index (χ0n) is 10.1. The molecular weight excluding hydrogens is 232 g/mol. The summed E-state index contributed by atoms with van der Waals surface area (Å²) >= 11 is 1.72. The van der Waals surface area contributed by atoms with Crippen molar-refractivity contribution in [3.63, 3.8) is 0 Å². The van der Waals surface area contributed by atoms with Crippen molar-refractivity contribution < 1.29 is 0 Å². The molecule has 0 aliphatic rings. The van der Waals surface area contributed by atoms with E-state index in [4.69, 9.17) is 0 Å². The standard InChI is InChI=1S/C12H14N4S/c1-9(15-16-8-13-14-10(16)2)11-5-4-6-12(7-11)17-3/h4-8H,1-3H3/b15-9+. The van der Waals surface area contributed by atoms with E-state index in [1.165, 1.54) is 4.90 Å². The van der Waals surface area contributed by atoms with Crippen LogP contribution in [0.2, 0.25) is 0 Å². The van der Waals surface area contributed by atoms with Crippen LogP contribution in [0.3, 0.4) is 0 Å². The third-order valence-electron chi connectivity index (χ3n) is 2.44. The highest BCUT2D eigenvalue weighted by atomic mass is 32.2. The van der Waals surface area contributed by atoms with E-state index in [9.17, 15) is 0 Å². The maximum absolute atomic E-state index is 4.46. The molecule has 0 fully saturated rings. The first-order valence-corrected chi connectivity index (χ1v) is 6.50. The van der Waals surface area contributed by atoms with E-state index in [1.54, 1.807) is 22.8 Å². The van der Waals surface area contributed by atoms with Crippen LogP contribution in [-0.2, 0) is 0 Å². The molecule has 4 nitrogen and oxygen atoms in total. The van der Waals surface area contributed by atoms with E-state index in [-0.39, 0.29) is 0 Å². The number of hydrogen-bond acceptors (Lipinski definition) is 4. The van der Waals surface area contributed by atoms with Gasteiger partial charge in [0.2, 0.25) is 0 Å². The molecule has 88 valence electrons. The molecule has 2 aromatic rings. The number of aromatic nitrogens is 3. The molecule has 0 aliphatic heterocycles. The van der Waals surface area contributed by atoms with Gasteiger partial charge in [-0.15, -0.1) is 22.0 Å². The Hall–Kier alpha value is -1.62. The molecule has 0 saturated carbocycles. The molecule has 0 aliphatic carbocycles. The molecular formula is C12H14N4S. The van der Waals surface area contributed by atoms with Gasteiger partial charge in [0.25, 0.3) is 0 Å². The minimum atomic E-state index is 0.783. The van der Waals surface area contributed by atoms with Crippen LogP contribution in [0.25, 0.3) is 0 Å². The highest BCUT2D eigenvalue weighted by Crippen LogP contribution is 2.16. The minimum Gasteiger partial charge on any atom is -0.205 e. The van der Waals surface area contributed by atoms with Crippen LogP contribution in [0.15, 0.2) is 40.6 Å². The van der Waals surface area contributed by atoms with Crippen LogP contribution in [0.1, 0.15) is 18.3 Å². The van der Waals surface area contributed by atoms with Crippen LogP contribution in [0.5, 0.6) is 0 Å². The van der Waals surface area contributed by atoms with Crippen molar-refractivity contribution in [2.45, 2.75) is 18.7 Å². The fourth-order valence-corrected chi connectivity index (χ4v) is 1.91. The Bertz CT molecular complexity index is 545. The fraction of sp³-hybridized carbons (Fsp3) is 0.250. The molecule has 1 heterocycles. The molecule has 1 aromatic heterocycles. The van der Waals surface area contributed by atoms with Gasteiger partial charge in [0.05, 0.1) is 5.71 Å². The average molecular weight is 246 g/mol. The molecule has 5 heteroatoms. The van der Waals surface area contributed by atoms with E-state index in [1.807, 2.05) is 19.9 Å². The summed E-state index contributed by atoms with van der Waals surface area (Å²) < 4.78 is 1.68. The van der Waals surface area contributed by atoms with Crippen molar-refractivity contribution in [1.29, 1.82) is 0 Å². The summed E-state index contributed by atoms with van der Waals surface area (Å²) in [6.45, 7) is 3.86. The van der Waals surface area contributed by atoms with Gasteiger partial charge in [0.15, 0.2) is 5.82 Å². The molecule has 0 atom stereocenters. The van der Waals surface area contributed by atoms with Crippen molar-refractivity contribution in [3.8, 4) is 0 Å². The number of nitrogens with zero attached hydrogens (tertiary/aromatic N) is 4. The quantitative estimate of drug-likeness (QED) is 0.617. The van der Waals surface area contributed by atoms with Gasteiger partial charge >= 0.3 is 0 Å². The lowest BCUT2D eigenvalue weighted by atomic mass is 10.1. The van der Waals surface area contributed by atoms with Crippen molar-refractivity contribution in [2.75, 3.05) is 6.26 Å². The fourth-order valence-electron chi connectivity index (χ4n) is 1.45. The first-order chi connectivity index (χ1) is 8.20. The summed E-state index contributed by atoms with van der Waals surface area (Å²) in [5.74, 6) is 0.783. The van der Waals surface area contributed by atoms with E-state index in [2.05, 4.69) is 39.8 Å². The lowest BCUT2D eigenvalue weighted by Gasteiger charge is -2.03. The summed E-state index contributed by atoms with van der Waals surface area (Å²) in [4.78, 5) is 1.23. The SMILES string of the molecule is CSc1cccc(/C(C)=N/n2cnnc2C)c1. The second kappa shape index (κ2) is 5.14. The molecule has 0 saturated heterocycles. The second-order valence-corrected chi connectivity index (χ2v) is 4.52. The summed E-state index contributed by atoms with van der Waals surface area (Å²) in [5.41, 5.74) is 2.06. The first-order valence-electron chi connectivity index (χ1n) is 5.27. The molecule has 0 N–H and O–H groups in total. The van der Waals surface area contributed by atoms with E-state index in [0.717, 1.165) is 17.1 Å². The number of hydrogen-bond donors (Lipinski definition) is 0. The van der Waals surface area contributed by atoms with Gasteiger partial charge in [0.1, 0.15) is 6.33 Å². The topological polar surface area (TPSA) is 43.1 Å². The van der Waals surface area contributed by atoms with Gasteiger partial charge in [-0.2, -0.15) is 5.10 Å². The predicted molar refractivity (Wildman–Crippen MR) is 70.6 cm³/mol. The Morgan fingerprint density at radius 2 is 2.24 bits per heavy atom. The molecule has 0 amide bonds. The van der Waals surface area contributed by atoms with Crippen LogP contribution >= 0.6 is 11.8 Å². The lowest BCUT2D eigenvalue weighted by molar-refractivity contribution is 0.826. The molecule has 0 bridgehead atoms. The van der Waals surface area contributed by atoms with Gasteiger partial charge in [-0.1, -0.05) is 12.1 Å². The zero-order chi connectivity index (χ0) is 12.3. The van der Waals surface area contributed by atoms with Crippen molar-refractivity contribution >= 4 is 17.5 Å². The third-order valence-corrected chi connectivity index (χ3v) is 3.17. The predicted octanol–water partition coefficient (Wildman–Crippen LogP) is 2.58. The van der Waals surface area contributed by atoms with Crippen molar-refractivity contribution in [3.05, 3.63) is 42.0 Å².